The second-order valence-corrected chi connectivity index (χ2v) is 4.54. The van der Waals surface area contributed by atoms with Crippen molar-refractivity contribution in [1.82, 2.24) is 9.55 Å². The molecule has 0 aliphatic heterocycles. The molecule has 90 valence electrons. The van der Waals surface area contributed by atoms with Crippen LogP contribution >= 0.6 is 15.9 Å². The summed E-state index contributed by atoms with van der Waals surface area (Å²) in [5, 5.41) is 0. The first-order valence-electron chi connectivity index (χ1n) is 5.35. The monoisotopic (exact) mass is 297 g/mol. The molecule has 0 saturated heterocycles. The van der Waals surface area contributed by atoms with Crippen LogP contribution in [0.4, 0.5) is 4.39 Å². The van der Waals surface area contributed by atoms with Crippen molar-refractivity contribution in [3.63, 3.8) is 0 Å². The molecule has 0 spiro atoms. The van der Waals surface area contributed by atoms with E-state index in [1.165, 1.54) is 6.07 Å². The third kappa shape index (κ3) is 2.25. The summed E-state index contributed by atoms with van der Waals surface area (Å²) in [6.07, 6.45) is 3.51. The summed E-state index contributed by atoms with van der Waals surface area (Å²) in [5.41, 5.74) is 6.52. The molecule has 1 unspecified atom stereocenters. The molecule has 1 heterocycles. The number of nitrogens with zero attached hydrogens (tertiary/aromatic N) is 2. The highest BCUT2D eigenvalue weighted by atomic mass is 79.9. The fourth-order valence-electron chi connectivity index (χ4n) is 1.80. The quantitative estimate of drug-likeness (QED) is 0.947. The number of halogens is 2. The summed E-state index contributed by atoms with van der Waals surface area (Å²) in [6, 6.07) is 4.25. The Balaban J connectivity index is 2.47. The van der Waals surface area contributed by atoms with E-state index in [0.717, 1.165) is 6.54 Å². The lowest BCUT2D eigenvalue weighted by Gasteiger charge is -2.15. The average molecular weight is 298 g/mol. The van der Waals surface area contributed by atoms with Gasteiger partial charge in [0.15, 0.2) is 0 Å². The Morgan fingerprint density at radius 3 is 2.94 bits per heavy atom. The van der Waals surface area contributed by atoms with E-state index in [4.69, 9.17) is 5.73 Å². The van der Waals surface area contributed by atoms with Crippen molar-refractivity contribution in [2.24, 2.45) is 5.73 Å². The molecule has 0 amide bonds. The van der Waals surface area contributed by atoms with Crippen molar-refractivity contribution in [3.05, 3.63) is 52.3 Å². The molecule has 0 fully saturated rings. The summed E-state index contributed by atoms with van der Waals surface area (Å²) in [5.74, 6) is 0.343. The van der Waals surface area contributed by atoms with Crippen LogP contribution in [0.5, 0.6) is 0 Å². The summed E-state index contributed by atoms with van der Waals surface area (Å²) in [4.78, 5) is 4.20. The first-order valence-corrected chi connectivity index (χ1v) is 6.15. The Morgan fingerprint density at radius 2 is 2.29 bits per heavy atom. The molecule has 3 nitrogen and oxygen atoms in total. The van der Waals surface area contributed by atoms with Gasteiger partial charge in [0.2, 0.25) is 0 Å². The predicted molar refractivity (Wildman–Crippen MR) is 68.0 cm³/mol. The van der Waals surface area contributed by atoms with Gasteiger partial charge < -0.3 is 10.3 Å². The van der Waals surface area contributed by atoms with Crippen LogP contribution in [0, 0.1) is 5.82 Å². The van der Waals surface area contributed by atoms with E-state index in [0.29, 0.717) is 15.9 Å². The summed E-state index contributed by atoms with van der Waals surface area (Å²) < 4.78 is 16.4. The van der Waals surface area contributed by atoms with Crippen LogP contribution in [-0.2, 0) is 6.54 Å². The van der Waals surface area contributed by atoms with Gasteiger partial charge in [-0.15, -0.1) is 0 Å². The molecule has 0 aliphatic rings. The molecule has 2 N–H and O–H groups in total. The fraction of sp³-hybridized carbons (Fsp3) is 0.250. The maximum Gasteiger partial charge on any atom is 0.130 e. The number of hydrogen-bond acceptors (Lipinski definition) is 2. The Morgan fingerprint density at radius 1 is 1.53 bits per heavy atom. The minimum atomic E-state index is -0.569. The molecule has 2 rings (SSSR count). The molecule has 0 saturated carbocycles. The van der Waals surface area contributed by atoms with Crippen molar-refractivity contribution in [1.29, 1.82) is 0 Å². The van der Waals surface area contributed by atoms with Crippen molar-refractivity contribution < 1.29 is 4.39 Å². The van der Waals surface area contributed by atoms with Crippen molar-refractivity contribution in [2.45, 2.75) is 19.5 Å². The molecule has 0 radical (unpaired) electrons. The van der Waals surface area contributed by atoms with E-state index in [1.807, 2.05) is 17.7 Å². The van der Waals surface area contributed by atoms with Crippen LogP contribution in [0.25, 0.3) is 0 Å². The zero-order valence-electron chi connectivity index (χ0n) is 9.40. The van der Waals surface area contributed by atoms with Crippen molar-refractivity contribution in [2.75, 3.05) is 0 Å². The Bertz CT molecular complexity index is 504. The molecular weight excluding hydrogens is 285 g/mol. The van der Waals surface area contributed by atoms with E-state index in [9.17, 15) is 4.39 Å². The fourth-order valence-corrected chi connectivity index (χ4v) is 2.39. The standard InChI is InChI=1S/C12H13BrFN3/c1-2-17-7-6-16-12(17)11(15)10-8(13)4-3-5-9(10)14/h3-7,11H,2,15H2,1H3. The van der Waals surface area contributed by atoms with E-state index < -0.39 is 6.04 Å². The first kappa shape index (κ1) is 12.3. The summed E-state index contributed by atoms with van der Waals surface area (Å²) in [7, 11) is 0. The van der Waals surface area contributed by atoms with Crippen molar-refractivity contribution in [3.8, 4) is 0 Å². The van der Waals surface area contributed by atoms with Crippen LogP contribution in [0.1, 0.15) is 24.4 Å². The molecule has 0 bridgehead atoms. The Hall–Kier alpha value is -1.20. The van der Waals surface area contributed by atoms with Crippen LogP contribution in [0.2, 0.25) is 0 Å². The molecule has 1 aromatic heterocycles. The highest BCUT2D eigenvalue weighted by Gasteiger charge is 2.20. The average Bonchev–Trinajstić information content (AvgIpc) is 2.76. The number of rotatable bonds is 3. The van der Waals surface area contributed by atoms with Gasteiger partial charge in [-0.1, -0.05) is 22.0 Å². The van der Waals surface area contributed by atoms with E-state index in [-0.39, 0.29) is 5.82 Å². The van der Waals surface area contributed by atoms with Gasteiger partial charge in [-0.3, -0.25) is 0 Å². The zero-order valence-corrected chi connectivity index (χ0v) is 11.0. The Kier molecular flexibility index (Phi) is 3.59. The largest absolute Gasteiger partial charge is 0.334 e. The molecule has 2 aromatic rings. The van der Waals surface area contributed by atoms with Crippen LogP contribution in [0.15, 0.2) is 35.1 Å². The topological polar surface area (TPSA) is 43.8 Å². The third-order valence-electron chi connectivity index (χ3n) is 2.68. The maximum absolute atomic E-state index is 13.8. The van der Waals surface area contributed by atoms with Crippen LogP contribution < -0.4 is 5.73 Å². The van der Waals surface area contributed by atoms with Crippen LogP contribution in [0.3, 0.4) is 0 Å². The molecule has 0 aliphatic carbocycles. The number of aromatic nitrogens is 2. The molecular formula is C12H13BrFN3. The SMILES string of the molecule is CCn1ccnc1C(N)c1c(F)cccc1Br. The van der Waals surface area contributed by atoms with Gasteiger partial charge in [0, 0.05) is 29.0 Å². The van der Waals surface area contributed by atoms with Gasteiger partial charge >= 0.3 is 0 Å². The van der Waals surface area contributed by atoms with Gasteiger partial charge in [-0.25, -0.2) is 9.37 Å². The third-order valence-corrected chi connectivity index (χ3v) is 3.37. The first-order chi connectivity index (χ1) is 8.15. The molecule has 5 heteroatoms. The van der Waals surface area contributed by atoms with Gasteiger partial charge in [0.1, 0.15) is 11.6 Å². The van der Waals surface area contributed by atoms with Gasteiger partial charge in [0.25, 0.3) is 0 Å². The number of hydrogen-bond donors (Lipinski definition) is 1. The summed E-state index contributed by atoms with van der Waals surface area (Å²) >= 11 is 3.32. The lowest BCUT2D eigenvalue weighted by Crippen LogP contribution is -2.19. The minimum Gasteiger partial charge on any atom is -0.334 e. The maximum atomic E-state index is 13.8. The predicted octanol–water partition coefficient (Wildman–Crippen LogP) is 2.85. The normalized spacial score (nSPS) is 12.7. The second-order valence-electron chi connectivity index (χ2n) is 3.68. The van der Waals surface area contributed by atoms with E-state index in [1.54, 1.807) is 18.3 Å². The van der Waals surface area contributed by atoms with E-state index in [2.05, 4.69) is 20.9 Å². The van der Waals surface area contributed by atoms with Crippen molar-refractivity contribution >= 4 is 15.9 Å². The van der Waals surface area contributed by atoms with Gasteiger partial charge in [0.05, 0.1) is 6.04 Å². The number of imidazole rings is 1. The lowest BCUT2D eigenvalue weighted by atomic mass is 10.1. The lowest BCUT2D eigenvalue weighted by molar-refractivity contribution is 0.579. The highest BCUT2D eigenvalue weighted by molar-refractivity contribution is 9.10. The molecule has 1 aromatic carbocycles. The summed E-state index contributed by atoms with van der Waals surface area (Å²) in [6.45, 7) is 2.75. The molecule has 17 heavy (non-hydrogen) atoms. The Labute approximate surface area is 108 Å². The minimum absolute atomic E-state index is 0.322. The number of nitrogens with two attached hydrogens (primary N) is 1. The van der Waals surface area contributed by atoms with E-state index >= 15 is 0 Å². The number of aryl methyl sites for hydroxylation is 1. The molecule has 1 atom stereocenters. The smallest absolute Gasteiger partial charge is 0.130 e. The zero-order chi connectivity index (χ0) is 12.4. The number of benzene rings is 1. The second kappa shape index (κ2) is 4.98. The van der Waals surface area contributed by atoms with Gasteiger partial charge in [-0.2, -0.15) is 0 Å². The highest BCUT2D eigenvalue weighted by Crippen LogP contribution is 2.28. The van der Waals surface area contributed by atoms with Crippen LogP contribution in [-0.4, -0.2) is 9.55 Å². The van der Waals surface area contributed by atoms with Gasteiger partial charge in [-0.05, 0) is 19.1 Å².